The minimum atomic E-state index is -3.61. The monoisotopic (exact) mass is 387 g/mol. The van der Waals surface area contributed by atoms with Crippen LogP contribution < -0.4 is 9.62 Å². The van der Waals surface area contributed by atoms with Crippen molar-refractivity contribution in [2.75, 3.05) is 23.7 Å². The van der Waals surface area contributed by atoms with Crippen LogP contribution in [0.25, 0.3) is 10.9 Å². The average molecular weight is 387 g/mol. The van der Waals surface area contributed by atoms with E-state index in [1.807, 2.05) is 12.1 Å². The zero-order chi connectivity index (χ0) is 19.4. The number of carbonyl (C=O) groups excluding carboxylic acids is 1. The Kier molecular flexibility index (Phi) is 5.36. The molecule has 0 atom stereocenters. The quantitative estimate of drug-likeness (QED) is 0.705. The molecule has 3 aromatic rings. The first-order chi connectivity index (χ1) is 12.9. The van der Waals surface area contributed by atoms with Crippen molar-refractivity contribution in [1.82, 2.24) is 10.3 Å². The summed E-state index contributed by atoms with van der Waals surface area (Å²) in [6.45, 7) is 0.0121. The van der Waals surface area contributed by atoms with E-state index in [2.05, 4.69) is 10.3 Å². The molecule has 0 aliphatic heterocycles. The zero-order valence-corrected chi connectivity index (χ0v) is 15.4. The number of nitrogens with zero attached hydrogens (tertiary/aromatic N) is 2. The molecule has 0 fully saturated rings. The van der Waals surface area contributed by atoms with Gasteiger partial charge in [0.2, 0.25) is 10.0 Å². The molecule has 27 heavy (non-hydrogen) atoms. The van der Waals surface area contributed by atoms with Crippen molar-refractivity contribution in [3.05, 3.63) is 72.2 Å². The second-order valence-electron chi connectivity index (χ2n) is 5.92. The maximum absolute atomic E-state index is 13.7. The summed E-state index contributed by atoms with van der Waals surface area (Å²) in [5.41, 5.74) is 0.886. The van der Waals surface area contributed by atoms with E-state index in [1.165, 1.54) is 22.5 Å². The van der Waals surface area contributed by atoms with E-state index in [-0.39, 0.29) is 18.7 Å². The maximum Gasteiger partial charge on any atom is 0.254 e. The number of para-hydroxylation sites is 1. The molecule has 8 heteroatoms. The van der Waals surface area contributed by atoms with Crippen LogP contribution in [0.1, 0.15) is 10.4 Å². The van der Waals surface area contributed by atoms with Crippen LogP contribution in [0.5, 0.6) is 0 Å². The highest BCUT2D eigenvalue weighted by Gasteiger charge is 2.20. The van der Waals surface area contributed by atoms with Gasteiger partial charge in [0.05, 0.1) is 29.6 Å². The molecule has 3 rings (SSSR count). The fourth-order valence-electron chi connectivity index (χ4n) is 2.77. The molecule has 0 aliphatic rings. The molecular formula is C19H18FN3O3S. The van der Waals surface area contributed by atoms with E-state index in [0.717, 1.165) is 11.6 Å². The third-order valence-electron chi connectivity index (χ3n) is 4.00. The number of benzene rings is 2. The van der Waals surface area contributed by atoms with Gasteiger partial charge < -0.3 is 5.32 Å². The zero-order valence-electron chi connectivity index (χ0n) is 14.6. The number of pyridine rings is 1. The molecule has 2 aromatic carbocycles. The van der Waals surface area contributed by atoms with Gasteiger partial charge in [-0.15, -0.1) is 0 Å². The lowest BCUT2D eigenvalue weighted by Gasteiger charge is -2.23. The molecule has 0 unspecified atom stereocenters. The second kappa shape index (κ2) is 7.71. The summed E-state index contributed by atoms with van der Waals surface area (Å²) in [5, 5.41) is 3.36. The van der Waals surface area contributed by atoms with Crippen molar-refractivity contribution in [2.24, 2.45) is 0 Å². The minimum Gasteiger partial charge on any atom is -0.350 e. The third-order valence-corrected chi connectivity index (χ3v) is 5.18. The topological polar surface area (TPSA) is 79.4 Å². The lowest BCUT2D eigenvalue weighted by molar-refractivity contribution is 0.0951. The first-order valence-electron chi connectivity index (χ1n) is 8.22. The highest BCUT2D eigenvalue weighted by Crippen LogP contribution is 2.26. The molecule has 0 saturated heterocycles. The number of halogens is 1. The van der Waals surface area contributed by atoms with E-state index in [0.29, 0.717) is 11.2 Å². The number of amides is 1. The number of anilines is 1. The van der Waals surface area contributed by atoms with E-state index < -0.39 is 21.7 Å². The van der Waals surface area contributed by atoms with Gasteiger partial charge in [-0.2, -0.15) is 0 Å². The molecule has 140 valence electrons. The number of hydrogen-bond donors (Lipinski definition) is 1. The number of sulfonamides is 1. The van der Waals surface area contributed by atoms with E-state index >= 15 is 0 Å². The van der Waals surface area contributed by atoms with Crippen LogP contribution in [0.3, 0.4) is 0 Å². The van der Waals surface area contributed by atoms with E-state index in [4.69, 9.17) is 0 Å². The Morgan fingerprint density at radius 2 is 1.85 bits per heavy atom. The first kappa shape index (κ1) is 18.8. The van der Waals surface area contributed by atoms with Crippen LogP contribution in [0.2, 0.25) is 0 Å². The van der Waals surface area contributed by atoms with Crippen LogP contribution in [0.15, 0.2) is 60.8 Å². The Balaban J connectivity index is 1.81. The van der Waals surface area contributed by atoms with Crippen LogP contribution in [-0.2, 0) is 10.0 Å². The van der Waals surface area contributed by atoms with Crippen molar-refractivity contribution >= 4 is 32.5 Å². The molecule has 0 radical (unpaired) electrons. The van der Waals surface area contributed by atoms with Crippen molar-refractivity contribution < 1.29 is 17.6 Å². The molecule has 6 nitrogen and oxygen atoms in total. The molecule has 0 bridgehead atoms. The largest absolute Gasteiger partial charge is 0.350 e. The van der Waals surface area contributed by atoms with Gasteiger partial charge in [0.1, 0.15) is 5.82 Å². The number of carbonyl (C=O) groups is 1. The molecule has 0 spiro atoms. The lowest BCUT2D eigenvalue weighted by atomic mass is 10.2. The summed E-state index contributed by atoms with van der Waals surface area (Å²) in [7, 11) is -3.61. The van der Waals surface area contributed by atoms with Crippen LogP contribution >= 0.6 is 0 Å². The summed E-state index contributed by atoms with van der Waals surface area (Å²) >= 11 is 0. The summed E-state index contributed by atoms with van der Waals surface area (Å²) in [4.78, 5) is 16.4. The van der Waals surface area contributed by atoms with Gasteiger partial charge in [-0.25, -0.2) is 12.8 Å². The fraction of sp³-hybridized carbons (Fsp3) is 0.158. The Labute approximate surface area is 156 Å². The van der Waals surface area contributed by atoms with Gasteiger partial charge in [-0.3, -0.25) is 14.1 Å². The Bertz CT molecular complexity index is 1080. The number of rotatable bonds is 6. The molecule has 0 aliphatic carbocycles. The Hall–Kier alpha value is -3.00. The highest BCUT2D eigenvalue weighted by molar-refractivity contribution is 7.92. The number of fused-ring (bicyclic) bond motifs is 1. The van der Waals surface area contributed by atoms with Crippen LogP contribution in [0.4, 0.5) is 10.1 Å². The van der Waals surface area contributed by atoms with E-state index in [9.17, 15) is 17.6 Å². The fourth-order valence-corrected chi connectivity index (χ4v) is 3.69. The molecule has 1 amide bonds. The smallest absolute Gasteiger partial charge is 0.254 e. The maximum atomic E-state index is 13.7. The number of aromatic nitrogens is 1. The second-order valence-corrected chi connectivity index (χ2v) is 7.83. The van der Waals surface area contributed by atoms with Gasteiger partial charge in [0.15, 0.2) is 0 Å². The van der Waals surface area contributed by atoms with Crippen LogP contribution in [-0.4, -0.2) is 38.7 Å². The van der Waals surface area contributed by atoms with Gasteiger partial charge in [-0.1, -0.05) is 30.3 Å². The number of hydrogen-bond acceptors (Lipinski definition) is 4. The predicted octanol–water partition coefficient (Wildman–Crippen LogP) is 2.57. The van der Waals surface area contributed by atoms with Crippen molar-refractivity contribution in [2.45, 2.75) is 0 Å². The van der Waals surface area contributed by atoms with Gasteiger partial charge >= 0.3 is 0 Å². The summed E-state index contributed by atoms with van der Waals surface area (Å²) in [6.07, 6.45) is 2.68. The molecule has 1 aromatic heterocycles. The molecule has 1 N–H and O–H groups in total. The summed E-state index contributed by atoms with van der Waals surface area (Å²) in [5.74, 6) is -1.23. The highest BCUT2D eigenvalue weighted by atomic mass is 32.2. The SMILES string of the molecule is CS(=O)(=O)N(CCNC(=O)c1ccccc1F)c1cccc2cccnc12. The lowest BCUT2D eigenvalue weighted by Crippen LogP contribution is -2.38. The predicted molar refractivity (Wildman–Crippen MR) is 103 cm³/mol. The van der Waals surface area contributed by atoms with E-state index in [1.54, 1.807) is 30.5 Å². The number of nitrogens with one attached hydrogen (secondary N) is 1. The normalized spacial score (nSPS) is 11.3. The minimum absolute atomic E-state index is 0.00524. The van der Waals surface area contributed by atoms with Gasteiger partial charge in [-0.05, 0) is 24.3 Å². The van der Waals surface area contributed by atoms with Crippen molar-refractivity contribution in [3.8, 4) is 0 Å². The Morgan fingerprint density at radius 1 is 1.11 bits per heavy atom. The molecular weight excluding hydrogens is 369 g/mol. The molecule has 0 saturated carbocycles. The summed E-state index contributed by atoms with van der Waals surface area (Å²) in [6, 6.07) is 14.5. The van der Waals surface area contributed by atoms with Gasteiger partial charge in [0.25, 0.3) is 5.91 Å². The average Bonchev–Trinajstić information content (AvgIpc) is 2.64. The molecule has 1 heterocycles. The van der Waals surface area contributed by atoms with Crippen molar-refractivity contribution in [3.63, 3.8) is 0 Å². The summed E-state index contributed by atoms with van der Waals surface area (Å²) < 4.78 is 39.5. The van der Waals surface area contributed by atoms with Gasteiger partial charge in [0, 0.05) is 18.1 Å². The van der Waals surface area contributed by atoms with Crippen LogP contribution in [0, 0.1) is 5.82 Å². The Morgan fingerprint density at radius 3 is 2.59 bits per heavy atom. The first-order valence-corrected chi connectivity index (χ1v) is 10.1. The van der Waals surface area contributed by atoms with Crippen molar-refractivity contribution in [1.29, 1.82) is 0 Å². The third kappa shape index (κ3) is 4.22. The standard InChI is InChI=1S/C19H18FN3O3S/c1-27(25,26)23(17-10-4-6-14-7-5-11-21-18(14)17)13-12-22-19(24)15-8-2-3-9-16(15)20/h2-11H,12-13H2,1H3,(H,22,24).